The highest BCUT2D eigenvalue weighted by Gasteiger charge is 2.55. The summed E-state index contributed by atoms with van der Waals surface area (Å²) in [5.74, 6) is 2.76. The Kier molecular flexibility index (Phi) is 5.90. The largest absolute Gasteiger partial charge is 0.376 e. The first-order valence-electron chi connectivity index (χ1n) is 13.7. The minimum atomic E-state index is -0.103. The third-order valence-corrected chi connectivity index (χ3v) is 10.4. The van der Waals surface area contributed by atoms with Crippen molar-refractivity contribution in [1.82, 2.24) is 14.3 Å². The quantitative estimate of drug-likeness (QED) is 0.356. The molecule has 4 saturated carbocycles. The normalized spacial score (nSPS) is 30.9. The second kappa shape index (κ2) is 9.14. The number of rotatable bonds is 7. The summed E-state index contributed by atoms with van der Waals surface area (Å²) in [6.07, 6.45) is 12.8. The van der Waals surface area contributed by atoms with Gasteiger partial charge in [0, 0.05) is 54.0 Å². The highest BCUT2D eigenvalue weighted by atomic mass is 35.5. The Bertz CT molecular complexity index is 1220. The lowest BCUT2D eigenvalue weighted by Gasteiger charge is -2.56. The van der Waals surface area contributed by atoms with Crippen LogP contribution in [-0.2, 0) is 16.0 Å². The van der Waals surface area contributed by atoms with Gasteiger partial charge in [0.25, 0.3) is 0 Å². The molecule has 190 valence electrons. The summed E-state index contributed by atoms with van der Waals surface area (Å²) in [5, 5.41) is 2.93. The first kappa shape index (κ1) is 23.2. The molecule has 1 aromatic carbocycles. The van der Waals surface area contributed by atoms with Gasteiger partial charge in [-0.15, -0.1) is 11.3 Å². The van der Waals surface area contributed by atoms with E-state index in [-0.39, 0.29) is 11.5 Å². The Balaban J connectivity index is 1.12. The number of ether oxygens (including phenoxy) is 1. The number of hydrogen-bond acceptors (Lipinski definition) is 4. The number of nitrogens with zero attached hydrogens (tertiary/aromatic N) is 3. The third-order valence-electron chi connectivity index (χ3n) is 9.29. The lowest BCUT2D eigenvalue weighted by molar-refractivity contribution is -0.159. The maximum absolute atomic E-state index is 14.3. The fourth-order valence-corrected chi connectivity index (χ4v) is 9.07. The molecule has 0 N–H and O–H groups in total. The third kappa shape index (κ3) is 4.19. The van der Waals surface area contributed by atoms with Crippen molar-refractivity contribution in [3.63, 3.8) is 0 Å². The van der Waals surface area contributed by atoms with Crippen LogP contribution in [-0.4, -0.2) is 46.0 Å². The maximum Gasteiger partial charge on any atom is 0.228 e. The number of carbonyl (C=O) groups is 1. The van der Waals surface area contributed by atoms with Gasteiger partial charge in [-0.25, -0.2) is 4.98 Å². The zero-order valence-electron chi connectivity index (χ0n) is 20.7. The predicted octanol–water partition coefficient (Wildman–Crippen LogP) is 6.48. The van der Waals surface area contributed by atoms with Gasteiger partial charge in [-0.05, 0) is 81.3 Å². The summed E-state index contributed by atoms with van der Waals surface area (Å²) < 4.78 is 8.21. The zero-order valence-corrected chi connectivity index (χ0v) is 22.3. The van der Waals surface area contributed by atoms with E-state index in [1.165, 1.54) is 25.0 Å². The van der Waals surface area contributed by atoms with Crippen molar-refractivity contribution in [2.24, 2.45) is 23.2 Å². The van der Waals surface area contributed by atoms with Crippen molar-refractivity contribution in [2.75, 3.05) is 19.7 Å². The number of hydrogen-bond donors (Lipinski definition) is 0. The molecule has 8 rings (SSSR count). The van der Waals surface area contributed by atoms with Crippen LogP contribution in [0.1, 0.15) is 57.1 Å². The summed E-state index contributed by atoms with van der Waals surface area (Å²) in [4.78, 5) is 22.3. The van der Waals surface area contributed by atoms with Crippen molar-refractivity contribution >= 4 is 33.8 Å². The molecule has 1 atom stereocenters. The topological polar surface area (TPSA) is 46.8 Å². The van der Waals surface area contributed by atoms with Gasteiger partial charge in [0.1, 0.15) is 0 Å². The molecule has 4 bridgehead atoms. The molecule has 1 aliphatic heterocycles. The van der Waals surface area contributed by atoms with Crippen LogP contribution >= 0.6 is 22.9 Å². The van der Waals surface area contributed by atoms with Crippen LogP contribution in [0.2, 0.25) is 5.02 Å². The lowest BCUT2D eigenvalue weighted by atomic mass is 9.49. The Morgan fingerprint density at radius 1 is 1.14 bits per heavy atom. The van der Waals surface area contributed by atoms with Gasteiger partial charge in [0.15, 0.2) is 4.96 Å². The van der Waals surface area contributed by atoms with Gasteiger partial charge in [-0.2, -0.15) is 0 Å². The van der Waals surface area contributed by atoms with E-state index in [0.29, 0.717) is 5.91 Å². The lowest BCUT2D eigenvalue weighted by Crippen LogP contribution is -2.55. The molecule has 0 radical (unpaired) electrons. The van der Waals surface area contributed by atoms with Crippen molar-refractivity contribution in [2.45, 2.75) is 63.9 Å². The standard InChI is InChI=1S/C29H34ClN3O2S/c30-23-5-3-22(4-6-23)26-17-33-24(18-36-28(33)31-26)7-8-32(16-25-2-1-9-35-25)27(34)29-13-19-10-20(14-29)12-21(11-19)15-29/h3-6,17-21,25H,1-2,7-16H2. The summed E-state index contributed by atoms with van der Waals surface area (Å²) in [6.45, 7) is 2.33. The first-order valence-corrected chi connectivity index (χ1v) is 14.9. The van der Waals surface area contributed by atoms with Crippen LogP contribution in [0.5, 0.6) is 0 Å². The molecule has 5 aliphatic rings. The minimum Gasteiger partial charge on any atom is -0.376 e. The molecule has 36 heavy (non-hydrogen) atoms. The van der Waals surface area contributed by atoms with E-state index in [9.17, 15) is 4.79 Å². The van der Waals surface area contributed by atoms with Crippen molar-refractivity contribution in [1.29, 1.82) is 0 Å². The van der Waals surface area contributed by atoms with Gasteiger partial charge in [-0.3, -0.25) is 9.20 Å². The molecule has 5 fully saturated rings. The summed E-state index contributed by atoms with van der Waals surface area (Å²) >= 11 is 7.74. The van der Waals surface area contributed by atoms with Crippen LogP contribution in [0.25, 0.3) is 16.2 Å². The molecule has 3 aromatic rings. The monoisotopic (exact) mass is 523 g/mol. The van der Waals surface area contributed by atoms with Gasteiger partial charge in [-0.1, -0.05) is 23.7 Å². The Morgan fingerprint density at radius 3 is 2.53 bits per heavy atom. The predicted molar refractivity (Wildman–Crippen MR) is 143 cm³/mol. The number of amides is 1. The maximum atomic E-state index is 14.3. The van der Waals surface area contributed by atoms with E-state index in [4.69, 9.17) is 21.3 Å². The Hall–Kier alpha value is -1.89. The van der Waals surface area contributed by atoms with Gasteiger partial charge in [0.05, 0.1) is 17.2 Å². The second-order valence-electron chi connectivity index (χ2n) is 11.8. The molecule has 1 unspecified atom stereocenters. The van der Waals surface area contributed by atoms with Crippen LogP contribution in [0.4, 0.5) is 0 Å². The Labute approximate surface area is 221 Å². The molecule has 4 aliphatic carbocycles. The average molecular weight is 524 g/mol. The summed E-state index contributed by atoms with van der Waals surface area (Å²) in [7, 11) is 0. The van der Waals surface area contributed by atoms with E-state index in [1.54, 1.807) is 11.3 Å². The van der Waals surface area contributed by atoms with Crippen LogP contribution < -0.4 is 0 Å². The zero-order chi connectivity index (χ0) is 24.3. The molecule has 2 aromatic heterocycles. The van der Waals surface area contributed by atoms with Crippen molar-refractivity contribution < 1.29 is 9.53 Å². The molecular formula is C29H34ClN3O2S. The van der Waals surface area contributed by atoms with E-state index >= 15 is 0 Å². The highest BCUT2D eigenvalue weighted by molar-refractivity contribution is 7.15. The minimum absolute atomic E-state index is 0.103. The number of aromatic nitrogens is 2. The highest BCUT2D eigenvalue weighted by Crippen LogP contribution is 2.60. The first-order chi connectivity index (χ1) is 17.5. The molecule has 1 saturated heterocycles. The SMILES string of the molecule is O=C(N(CCc1csc2nc(-c3ccc(Cl)cc3)cn12)CC1CCCO1)C12CC3CC(CC(C3)C1)C2. The van der Waals surface area contributed by atoms with Gasteiger partial charge >= 0.3 is 0 Å². The average Bonchev–Trinajstić information content (AvgIpc) is 3.59. The van der Waals surface area contributed by atoms with Crippen molar-refractivity contribution in [3.8, 4) is 11.3 Å². The van der Waals surface area contributed by atoms with Gasteiger partial charge < -0.3 is 9.64 Å². The number of carbonyl (C=O) groups excluding carboxylic acids is 1. The molecule has 5 nitrogen and oxygen atoms in total. The number of fused-ring (bicyclic) bond motifs is 1. The fraction of sp³-hybridized carbons (Fsp3) is 0.586. The molecule has 0 spiro atoms. The smallest absolute Gasteiger partial charge is 0.228 e. The summed E-state index contributed by atoms with van der Waals surface area (Å²) in [6, 6.07) is 7.85. The van der Waals surface area contributed by atoms with E-state index in [1.807, 2.05) is 24.3 Å². The Morgan fingerprint density at radius 2 is 1.86 bits per heavy atom. The number of halogens is 1. The molecule has 3 heterocycles. The van der Waals surface area contributed by atoms with Crippen LogP contribution in [0.15, 0.2) is 35.8 Å². The number of benzene rings is 1. The van der Waals surface area contributed by atoms with Crippen molar-refractivity contribution in [3.05, 3.63) is 46.6 Å². The number of thiazole rings is 1. The van der Waals surface area contributed by atoms with E-state index in [0.717, 1.165) is 97.2 Å². The summed E-state index contributed by atoms with van der Waals surface area (Å²) in [5.41, 5.74) is 3.14. The molecule has 1 amide bonds. The fourth-order valence-electron chi connectivity index (χ4n) is 8.04. The number of imidazole rings is 1. The van der Waals surface area contributed by atoms with Crippen LogP contribution in [0, 0.1) is 23.2 Å². The van der Waals surface area contributed by atoms with E-state index < -0.39 is 0 Å². The van der Waals surface area contributed by atoms with Gasteiger partial charge in [0.2, 0.25) is 5.91 Å². The molecule has 7 heteroatoms. The van der Waals surface area contributed by atoms with Crippen LogP contribution in [0.3, 0.4) is 0 Å². The second-order valence-corrected chi connectivity index (χ2v) is 13.1. The molecular weight excluding hydrogens is 490 g/mol. The van der Waals surface area contributed by atoms with E-state index in [2.05, 4.69) is 20.9 Å².